The highest BCUT2D eigenvalue weighted by Gasteiger charge is 1.98. The Morgan fingerprint density at radius 3 is 2.67 bits per heavy atom. The van der Waals surface area contributed by atoms with E-state index in [1.807, 2.05) is 0 Å². The SMILES string of the molecule is CC=CCCc1cccc2ccccc12. The molecule has 0 heteroatoms. The maximum Gasteiger partial charge on any atom is -0.0152 e. The number of fused-ring (bicyclic) bond motifs is 1. The molecule has 0 aliphatic heterocycles. The van der Waals surface area contributed by atoms with Crippen molar-refractivity contribution in [1.82, 2.24) is 0 Å². The van der Waals surface area contributed by atoms with Gasteiger partial charge < -0.3 is 0 Å². The minimum absolute atomic E-state index is 1.13. The van der Waals surface area contributed by atoms with Gasteiger partial charge >= 0.3 is 0 Å². The van der Waals surface area contributed by atoms with Crippen LogP contribution in [0.3, 0.4) is 0 Å². The molecule has 0 unspecified atom stereocenters. The third-order valence-corrected chi connectivity index (χ3v) is 2.70. The highest BCUT2D eigenvalue weighted by Crippen LogP contribution is 2.19. The zero-order valence-corrected chi connectivity index (χ0v) is 9.11. The van der Waals surface area contributed by atoms with Gasteiger partial charge in [0.1, 0.15) is 0 Å². The van der Waals surface area contributed by atoms with Crippen LogP contribution in [0, 0.1) is 0 Å². The highest BCUT2D eigenvalue weighted by molar-refractivity contribution is 5.85. The topological polar surface area (TPSA) is 0 Å². The van der Waals surface area contributed by atoms with Gasteiger partial charge in [-0.2, -0.15) is 0 Å². The van der Waals surface area contributed by atoms with Crippen molar-refractivity contribution in [2.75, 3.05) is 0 Å². The van der Waals surface area contributed by atoms with Crippen LogP contribution >= 0.6 is 0 Å². The first-order chi connectivity index (χ1) is 7.42. The summed E-state index contributed by atoms with van der Waals surface area (Å²) in [5.74, 6) is 0. The molecule has 0 aromatic heterocycles. The molecule has 0 amide bonds. The van der Waals surface area contributed by atoms with Gasteiger partial charge in [-0.15, -0.1) is 0 Å². The van der Waals surface area contributed by atoms with Crippen molar-refractivity contribution < 1.29 is 0 Å². The molecule has 0 N–H and O–H groups in total. The fourth-order valence-electron chi connectivity index (χ4n) is 1.92. The van der Waals surface area contributed by atoms with Gasteiger partial charge in [0.25, 0.3) is 0 Å². The van der Waals surface area contributed by atoms with Gasteiger partial charge in [0.2, 0.25) is 0 Å². The molecule has 0 saturated heterocycles. The van der Waals surface area contributed by atoms with E-state index < -0.39 is 0 Å². The normalized spacial score (nSPS) is 11.3. The van der Waals surface area contributed by atoms with E-state index in [0.29, 0.717) is 0 Å². The molecule has 0 bridgehead atoms. The van der Waals surface area contributed by atoms with E-state index in [9.17, 15) is 0 Å². The number of hydrogen-bond donors (Lipinski definition) is 0. The highest BCUT2D eigenvalue weighted by atomic mass is 14.0. The summed E-state index contributed by atoms with van der Waals surface area (Å²) in [4.78, 5) is 0. The Bertz CT molecular complexity index is 461. The maximum absolute atomic E-state index is 2.23. The molecule has 76 valence electrons. The lowest BCUT2D eigenvalue weighted by molar-refractivity contribution is 1.01. The van der Waals surface area contributed by atoms with Gasteiger partial charge in [0.05, 0.1) is 0 Å². The van der Waals surface area contributed by atoms with Crippen LogP contribution in [0.2, 0.25) is 0 Å². The summed E-state index contributed by atoms with van der Waals surface area (Å²) in [5, 5.41) is 2.74. The summed E-state index contributed by atoms with van der Waals surface area (Å²) in [6.07, 6.45) is 6.60. The van der Waals surface area contributed by atoms with Crippen molar-refractivity contribution in [2.45, 2.75) is 19.8 Å². The molecule has 0 nitrogen and oxygen atoms in total. The predicted molar refractivity (Wildman–Crippen MR) is 67.1 cm³/mol. The molecule has 0 aliphatic rings. The number of aryl methyl sites for hydroxylation is 1. The average Bonchev–Trinajstić information content (AvgIpc) is 2.30. The lowest BCUT2D eigenvalue weighted by Gasteiger charge is -2.04. The second kappa shape index (κ2) is 4.79. The molecule has 2 aromatic carbocycles. The van der Waals surface area contributed by atoms with E-state index in [-0.39, 0.29) is 0 Å². The lowest BCUT2D eigenvalue weighted by atomic mass is 10.0. The monoisotopic (exact) mass is 196 g/mol. The van der Waals surface area contributed by atoms with Crippen molar-refractivity contribution in [3.05, 3.63) is 60.2 Å². The van der Waals surface area contributed by atoms with E-state index in [1.54, 1.807) is 0 Å². The first-order valence-corrected chi connectivity index (χ1v) is 5.49. The molecule has 0 saturated carbocycles. The van der Waals surface area contributed by atoms with E-state index in [1.165, 1.54) is 16.3 Å². The van der Waals surface area contributed by atoms with Gasteiger partial charge in [-0.3, -0.25) is 0 Å². The molecule has 2 aromatic rings. The Balaban J connectivity index is 2.34. The third kappa shape index (κ3) is 2.27. The van der Waals surface area contributed by atoms with Crippen LogP contribution in [0.4, 0.5) is 0 Å². The summed E-state index contributed by atoms with van der Waals surface area (Å²) in [6.45, 7) is 2.07. The van der Waals surface area contributed by atoms with Gasteiger partial charge in [0.15, 0.2) is 0 Å². The van der Waals surface area contributed by atoms with Gasteiger partial charge in [-0.05, 0) is 36.1 Å². The lowest BCUT2D eigenvalue weighted by Crippen LogP contribution is -1.85. The summed E-state index contributed by atoms with van der Waals surface area (Å²) >= 11 is 0. The van der Waals surface area contributed by atoms with Gasteiger partial charge in [-0.25, -0.2) is 0 Å². The predicted octanol–water partition coefficient (Wildman–Crippen LogP) is 4.35. The number of rotatable bonds is 3. The van der Waals surface area contributed by atoms with E-state index >= 15 is 0 Å². The molecule has 0 radical (unpaired) electrons. The zero-order valence-electron chi connectivity index (χ0n) is 9.11. The van der Waals surface area contributed by atoms with Crippen molar-refractivity contribution in [3.63, 3.8) is 0 Å². The molecular formula is C15H16. The van der Waals surface area contributed by atoms with Crippen LogP contribution in [0.25, 0.3) is 10.8 Å². The van der Waals surface area contributed by atoms with Crippen molar-refractivity contribution >= 4 is 10.8 Å². The number of allylic oxidation sites excluding steroid dienone is 2. The Morgan fingerprint density at radius 2 is 1.80 bits per heavy atom. The molecule has 2 rings (SSSR count). The summed E-state index contributed by atoms with van der Waals surface area (Å²) in [7, 11) is 0. The second-order valence-electron chi connectivity index (χ2n) is 3.75. The van der Waals surface area contributed by atoms with E-state index in [0.717, 1.165) is 12.8 Å². The Labute approximate surface area is 91.2 Å². The van der Waals surface area contributed by atoms with Crippen molar-refractivity contribution in [1.29, 1.82) is 0 Å². The first kappa shape index (κ1) is 9.97. The smallest absolute Gasteiger partial charge is 0.0152 e. The van der Waals surface area contributed by atoms with Crippen LogP contribution in [-0.2, 0) is 6.42 Å². The minimum atomic E-state index is 1.13. The summed E-state index contributed by atoms with van der Waals surface area (Å²) in [5.41, 5.74) is 1.45. The third-order valence-electron chi connectivity index (χ3n) is 2.70. The van der Waals surface area contributed by atoms with Gasteiger partial charge in [-0.1, -0.05) is 54.6 Å². The van der Waals surface area contributed by atoms with Crippen molar-refractivity contribution in [2.24, 2.45) is 0 Å². The van der Waals surface area contributed by atoms with Crippen molar-refractivity contribution in [3.8, 4) is 0 Å². The Morgan fingerprint density at radius 1 is 1.00 bits per heavy atom. The molecule has 0 atom stereocenters. The fourth-order valence-corrected chi connectivity index (χ4v) is 1.92. The standard InChI is InChI=1S/C15H16/c1-2-3-4-8-13-10-7-11-14-9-5-6-12-15(13)14/h2-3,5-7,9-12H,4,8H2,1H3. The number of benzene rings is 2. The molecule has 0 fully saturated rings. The van der Waals surface area contributed by atoms with Crippen LogP contribution in [-0.4, -0.2) is 0 Å². The van der Waals surface area contributed by atoms with Crippen LogP contribution < -0.4 is 0 Å². The number of hydrogen-bond acceptors (Lipinski definition) is 0. The van der Waals surface area contributed by atoms with E-state index in [2.05, 4.69) is 61.5 Å². The fraction of sp³-hybridized carbons (Fsp3) is 0.200. The Kier molecular flexibility index (Phi) is 3.18. The summed E-state index contributed by atoms with van der Waals surface area (Å²) < 4.78 is 0. The molecule has 0 spiro atoms. The molecule has 15 heavy (non-hydrogen) atoms. The maximum atomic E-state index is 2.23. The first-order valence-electron chi connectivity index (χ1n) is 5.49. The van der Waals surface area contributed by atoms with Crippen LogP contribution in [0.5, 0.6) is 0 Å². The quantitative estimate of drug-likeness (QED) is 0.640. The zero-order chi connectivity index (χ0) is 10.5. The van der Waals surface area contributed by atoms with E-state index in [4.69, 9.17) is 0 Å². The van der Waals surface area contributed by atoms with Gasteiger partial charge in [0, 0.05) is 0 Å². The summed E-state index contributed by atoms with van der Waals surface area (Å²) in [6, 6.07) is 15.1. The largest absolute Gasteiger partial charge is 0.0917 e. The second-order valence-corrected chi connectivity index (χ2v) is 3.75. The average molecular weight is 196 g/mol. The molecule has 0 aliphatic carbocycles. The molecule has 0 heterocycles. The van der Waals surface area contributed by atoms with Crippen LogP contribution in [0.1, 0.15) is 18.9 Å². The minimum Gasteiger partial charge on any atom is -0.0917 e. The molecular weight excluding hydrogens is 180 g/mol. The Hall–Kier alpha value is -1.56. The van der Waals surface area contributed by atoms with Crippen LogP contribution in [0.15, 0.2) is 54.6 Å².